The summed E-state index contributed by atoms with van der Waals surface area (Å²) in [5, 5.41) is 3.52. The average Bonchev–Trinajstić information content (AvgIpc) is 2.69. The highest BCUT2D eigenvalue weighted by molar-refractivity contribution is 5.71. The SMILES string of the molecule is CCOC(=O)CN(Cc1ncno1)C(C)C. The van der Waals surface area contributed by atoms with Crippen molar-refractivity contribution in [3.8, 4) is 0 Å². The van der Waals surface area contributed by atoms with Crippen LogP contribution < -0.4 is 0 Å². The van der Waals surface area contributed by atoms with Crippen LogP contribution in [0.2, 0.25) is 0 Å². The lowest BCUT2D eigenvalue weighted by Gasteiger charge is -2.23. The summed E-state index contributed by atoms with van der Waals surface area (Å²) >= 11 is 0. The number of hydrogen-bond acceptors (Lipinski definition) is 6. The van der Waals surface area contributed by atoms with E-state index in [0.717, 1.165) is 0 Å². The average molecular weight is 227 g/mol. The Kier molecular flexibility index (Phi) is 4.91. The van der Waals surface area contributed by atoms with Gasteiger partial charge in [0, 0.05) is 6.04 Å². The van der Waals surface area contributed by atoms with Gasteiger partial charge in [0.2, 0.25) is 5.89 Å². The number of nitrogens with zero attached hydrogens (tertiary/aromatic N) is 3. The molecule has 6 nitrogen and oxygen atoms in total. The smallest absolute Gasteiger partial charge is 0.320 e. The van der Waals surface area contributed by atoms with Crippen molar-refractivity contribution in [2.75, 3.05) is 13.2 Å². The van der Waals surface area contributed by atoms with Crippen molar-refractivity contribution in [2.45, 2.75) is 33.4 Å². The fraction of sp³-hybridized carbons (Fsp3) is 0.700. The van der Waals surface area contributed by atoms with Crippen LogP contribution in [0.1, 0.15) is 26.7 Å². The van der Waals surface area contributed by atoms with E-state index in [-0.39, 0.29) is 18.6 Å². The predicted octanol–water partition coefficient (Wildman–Crippen LogP) is 0.843. The summed E-state index contributed by atoms with van der Waals surface area (Å²) in [6, 6.07) is 0.205. The van der Waals surface area contributed by atoms with Gasteiger partial charge in [0.1, 0.15) is 0 Å². The Morgan fingerprint density at radius 2 is 2.38 bits per heavy atom. The molecule has 0 aliphatic heterocycles. The van der Waals surface area contributed by atoms with E-state index in [1.54, 1.807) is 6.92 Å². The normalized spacial score (nSPS) is 11.1. The van der Waals surface area contributed by atoms with Gasteiger partial charge in [0.05, 0.1) is 19.7 Å². The Morgan fingerprint density at radius 1 is 1.62 bits per heavy atom. The highest BCUT2D eigenvalue weighted by Crippen LogP contribution is 2.05. The van der Waals surface area contributed by atoms with Crippen molar-refractivity contribution >= 4 is 5.97 Å². The van der Waals surface area contributed by atoms with Crippen molar-refractivity contribution in [3.05, 3.63) is 12.2 Å². The third kappa shape index (κ3) is 3.98. The molecule has 0 bridgehead atoms. The Bertz CT molecular complexity index is 311. The lowest BCUT2D eigenvalue weighted by Crippen LogP contribution is -2.36. The van der Waals surface area contributed by atoms with Gasteiger partial charge < -0.3 is 9.26 Å². The molecule has 0 atom stereocenters. The third-order valence-corrected chi connectivity index (χ3v) is 2.11. The zero-order chi connectivity index (χ0) is 12.0. The molecule has 0 aliphatic rings. The van der Waals surface area contributed by atoms with E-state index in [0.29, 0.717) is 19.0 Å². The van der Waals surface area contributed by atoms with E-state index < -0.39 is 0 Å². The summed E-state index contributed by atoms with van der Waals surface area (Å²) in [5.74, 6) is 0.258. The van der Waals surface area contributed by atoms with Gasteiger partial charge in [-0.05, 0) is 20.8 Å². The standard InChI is InChI=1S/C10H17N3O3/c1-4-15-10(14)6-13(8(2)3)5-9-11-7-12-16-9/h7-8H,4-6H2,1-3H3. The molecule has 0 unspecified atom stereocenters. The molecule has 0 aliphatic carbocycles. The largest absolute Gasteiger partial charge is 0.465 e. The number of aromatic nitrogens is 2. The van der Waals surface area contributed by atoms with Crippen LogP contribution in [0.5, 0.6) is 0 Å². The first-order chi connectivity index (χ1) is 7.63. The molecule has 0 fully saturated rings. The highest BCUT2D eigenvalue weighted by Gasteiger charge is 2.17. The van der Waals surface area contributed by atoms with Gasteiger partial charge in [-0.2, -0.15) is 4.98 Å². The Morgan fingerprint density at radius 3 is 2.88 bits per heavy atom. The molecule has 1 aromatic rings. The molecule has 16 heavy (non-hydrogen) atoms. The van der Waals surface area contributed by atoms with Crippen molar-refractivity contribution in [1.29, 1.82) is 0 Å². The van der Waals surface area contributed by atoms with Crippen LogP contribution in [0.25, 0.3) is 0 Å². The van der Waals surface area contributed by atoms with Crippen molar-refractivity contribution < 1.29 is 14.1 Å². The van der Waals surface area contributed by atoms with Crippen LogP contribution in [-0.2, 0) is 16.1 Å². The van der Waals surface area contributed by atoms with Crippen molar-refractivity contribution in [1.82, 2.24) is 15.0 Å². The van der Waals surface area contributed by atoms with Gasteiger partial charge in [0.25, 0.3) is 0 Å². The summed E-state index contributed by atoms with van der Waals surface area (Å²) in [6.45, 7) is 6.86. The molecular weight excluding hydrogens is 210 g/mol. The number of ether oxygens (including phenoxy) is 1. The molecule has 1 heterocycles. The summed E-state index contributed by atoms with van der Waals surface area (Å²) in [6.07, 6.45) is 1.35. The summed E-state index contributed by atoms with van der Waals surface area (Å²) < 4.78 is 9.80. The molecule has 0 saturated carbocycles. The number of carbonyl (C=O) groups is 1. The van der Waals surface area contributed by atoms with Crippen LogP contribution in [0.3, 0.4) is 0 Å². The van der Waals surface area contributed by atoms with Gasteiger partial charge in [-0.3, -0.25) is 9.69 Å². The number of carbonyl (C=O) groups excluding carboxylic acids is 1. The minimum Gasteiger partial charge on any atom is -0.465 e. The molecule has 0 N–H and O–H groups in total. The maximum atomic E-state index is 11.4. The second kappa shape index (κ2) is 6.22. The quantitative estimate of drug-likeness (QED) is 0.671. The minimum absolute atomic E-state index is 0.205. The second-order valence-electron chi connectivity index (χ2n) is 3.64. The molecular formula is C10H17N3O3. The van der Waals surface area contributed by atoms with Crippen LogP contribution in [-0.4, -0.2) is 40.2 Å². The molecule has 0 amide bonds. The van der Waals surface area contributed by atoms with E-state index in [1.165, 1.54) is 6.33 Å². The van der Waals surface area contributed by atoms with Gasteiger partial charge in [-0.1, -0.05) is 5.16 Å². The molecule has 1 rings (SSSR count). The zero-order valence-corrected chi connectivity index (χ0v) is 9.84. The van der Waals surface area contributed by atoms with Gasteiger partial charge in [-0.25, -0.2) is 0 Å². The van der Waals surface area contributed by atoms with Gasteiger partial charge in [-0.15, -0.1) is 0 Å². The second-order valence-corrected chi connectivity index (χ2v) is 3.64. The molecule has 6 heteroatoms. The highest BCUT2D eigenvalue weighted by atomic mass is 16.5. The van der Waals surface area contributed by atoms with Crippen LogP contribution in [0.15, 0.2) is 10.9 Å². The molecule has 0 saturated heterocycles. The van der Waals surface area contributed by atoms with E-state index in [9.17, 15) is 4.79 Å². The van der Waals surface area contributed by atoms with Crippen molar-refractivity contribution in [3.63, 3.8) is 0 Å². The predicted molar refractivity (Wildman–Crippen MR) is 56.5 cm³/mol. The maximum absolute atomic E-state index is 11.4. The fourth-order valence-corrected chi connectivity index (χ4v) is 1.23. The van der Waals surface area contributed by atoms with Crippen molar-refractivity contribution in [2.24, 2.45) is 0 Å². The topological polar surface area (TPSA) is 68.5 Å². The Labute approximate surface area is 94.6 Å². The van der Waals surface area contributed by atoms with E-state index >= 15 is 0 Å². The first-order valence-corrected chi connectivity index (χ1v) is 5.28. The zero-order valence-electron chi connectivity index (χ0n) is 9.84. The van der Waals surface area contributed by atoms with Crippen LogP contribution in [0, 0.1) is 0 Å². The monoisotopic (exact) mass is 227 g/mol. The number of rotatable bonds is 6. The Balaban J connectivity index is 2.51. The molecule has 0 aromatic carbocycles. The Hall–Kier alpha value is -1.43. The summed E-state index contributed by atoms with van der Waals surface area (Å²) in [5.41, 5.74) is 0. The van der Waals surface area contributed by atoms with Crippen LogP contribution >= 0.6 is 0 Å². The lowest BCUT2D eigenvalue weighted by atomic mass is 10.3. The minimum atomic E-state index is -0.240. The molecule has 1 aromatic heterocycles. The number of hydrogen-bond donors (Lipinski definition) is 0. The third-order valence-electron chi connectivity index (χ3n) is 2.11. The molecule has 0 radical (unpaired) electrons. The van der Waals surface area contributed by atoms with E-state index in [2.05, 4.69) is 10.1 Å². The summed E-state index contributed by atoms with van der Waals surface area (Å²) in [7, 11) is 0. The molecule has 90 valence electrons. The first kappa shape index (κ1) is 12.6. The lowest BCUT2D eigenvalue weighted by molar-refractivity contribution is -0.145. The fourth-order valence-electron chi connectivity index (χ4n) is 1.23. The maximum Gasteiger partial charge on any atom is 0.320 e. The molecule has 0 spiro atoms. The van der Waals surface area contributed by atoms with Crippen LogP contribution in [0.4, 0.5) is 0 Å². The van der Waals surface area contributed by atoms with E-state index in [1.807, 2.05) is 18.7 Å². The van der Waals surface area contributed by atoms with Gasteiger partial charge >= 0.3 is 5.97 Å². The van der Waals surface area contributed by atoms with E-state index in [4.69, 9.17) is 9.26 Å². The number of esters is 1. The van der Waals surface area contributed by atoms with Gasteiger partial charge in [0.15, 0.2) is 6.33 Å². The first-order valence-electron chi connectivity index (χ1n) is 5.28. The summed E-state index contributed by atoms with van der Waals surface area (Å²) in [4.78, 5) is 17.2.